The highest BCUT2D eigenvalue weighted by atomic mass is 16.6. The van der Waals surface area contributed by atoms with Crippen molar-refractivity contribution in [2.24, 2.45) is 5.73 Å². The van der Waals surface area contributed by atoms with Crippen LogP contribution in [0.15, 0.2) is 28.8 Å². The first-order valence-electron chi connectivity index (χ1n) is 7.80. The normalized spacial score (nSPS) is 11.0. The number of aromatic nitrogens is 4. The lowest BCUT2D eigenvalue weighted by molar-refractivity contribution is -0.386. The van der Waals surface area contributed by atoms with Crippen LogP contribution < -0.4 is 5.73 Å². The molecule has 0 radical (unpaired) electrons. The zero-order valence-electron chi connectivity index (χ0n) is 14.0. The summed E-state index contributed by atoms with van der Waals surface area (Å²) in [6.45, 7) is 4.20. The monoisotopic (exact) mass is 342 g/mol. The Labute approximate surface area is 143 Å². The van der Waals surface area contributed by atoms with Gasteiger partial charge in [-0.2, -0.15) is 10.1 Å². The van der Waals surface area contributed by atoms with E-state index < -0.39 is 4.92 Å². The molecule has 2 aromatic heterocycles. The molecule has 0 bridgehead atoms. The van der Waals surface area contributed by atoms with Crippen molar-refractivity contribution in [3.63, 3.8) is 0 Å². The van der Waals surface area contributed by atoms with Gasteiger partial charge < -0.3 is 10.3 Å². The highest BCUT2D eigenvalue weighted by Crippen LogP contribution is 2.22. The third kappa shape index (κ3) is 3.41. The summed E-state index contributed by atoms with van der Waals surface area (Å²) < 4.78 is 6.85. The minimum absolute atomic E-state index is 0.0474. The third-order valence-corrected chi connectivity index (χ3v) is 3.98. The van der Waals surface area contributed by atoms with Gasteiger partial charge in [0.2, 0.25) is 11.7 Å². The SMILES string of the molecule is Cc1nn(CCc2nc(-c3ccc(CN)cc3)no2)c(C)c1[N+](=O)[O-]. The fraction of sp³-hybridized carbons (Fsp3) is 0.312. The van der Waals surface area contributed by atoms with Crippen molar-refractivity contribution < 1.29 is 9.45 Å². The highest BCUT2D eigenvalue weighted by Gasteiger charge is 2.21. The molecule has 0 fully saturated rings. The fourth-order valence-corrected chi connectivity index (χ4v) is 2.63. The molecular weight excluding hydrogens is 324 g/mol. The van der Waals surface area contributed by atoms with Gasteiger partial charge in [0.05, 0.1) is 11.5 Å². The van der Waals surface area contributed by atoms with E-state index in [1.807, 2.05) is 24.3 Å². The number of rotatable bonds is 6. The largest absolute Gasteiger partial charge is 0.339 e. The third-order valence-electron chi connectivity index (χ3n) is 3.98. The second kappa shape index (κ2) is 6.81. The van der Waals surface area contributed by atoms with Crippen LogP contribution in [0.3, 0.4) is 0 Å². The van der Waals surface area contributed by atoms with Crippen LogP contribution in [0.25, 0.3) is 11.4 Å². The number of nitrogens with two attached hydrogens (primary N) is 1. The average molecular weight is 342 g/mol. The van der Waals surface area contributed by atoms with E-state index >= 15 is 0 Å². The number of hydrogen-bond donors (Lipinski definition) is 1. The van der Waals surface area contributed by atoms with Crippen LogP contribution in [0.4, 0.5) is 5.69 Å². The molecule has 0 unspecified atom stereocenters. The Morgan fingerprint density at radius 1 is 1.28 bits per heavy atom. The van der Waals surface area contributed by atoms with E-state index in [0.717, 1.165) is 11.1 Å². The molecule has 0 atom stereocenters. The van der Waals surface area contributed by atoms with Gasteiger partial charge in [-0.3, -0.25) is 14.8 Å². The number of aryl methyl sites for hydroxylation is 3. The van der Waals surface area contributed by atoms with Crippen LogP contribution in [0.2, 0.25) is 0 Å². The first-order chi connectivity index (χ1) is 12.0. The van der Waals surface area contributed by atoms with Gasteiger partial charge in [-0.25, -0.2) is 0 Å². The fourth-order valence-electron chi connectivity index (χ4n) is 2.63. The number of nitro groups is 1. The molecule has 0 aliphatic carbocycles. The summed E-state index contributed by atoms with van der Waals surface area (Å²) in [5.41, 5.74) is 8.41. The average Bonchev–Trinajstić information content (AvgIpc) is 3.17. The van der Waals surface area contributed by atoms with Gasteiger partial charge in [0.25, 0.3) is 0 Å². The molecule has 2 heterocycles. The Morgan fingerprint density at radius 2 is 2.00 bits per heavy atom. The van der Waals surface area contributed by atoms with Crippen molar-refractivity contribution in [3.05, 3.63) is 57.2 Å². The van der Waals surface area contributed by atoms with Crippen molar-refractivity contribution in [1.82, 2.24) is 19.9 Å². The van der Waals surface area contributed by atoms with Gasteiger partial charge in [0.15, 0.2) is 0 Å². The Bertz CT molecular complexity index is 897. The molecule has 0 spiro atoms. The minimum atomic E-state index is -0.413. The maximum Gasteiger partial charge on any atom is 0.312 e. The Kier molecular flexibility index (Phi) is 4.57. The van der Waals surface area contributed by atoms with Crippen molar-refractivity contribution >= 4 is 5.69 Å². The topological polar surface area (TPSA) is 126 Å². The zero-order valence-corrected chi connectivity index (χ0v) is 14.0. The van der Waals surface area contributed by atoms with Gasteiger partial charge in [-0.1, -0.05) is 29.4 Å². The first-order valence-corrected chi connectivity index (χ1v) is 7.80. The van der Waals surface area contributed by atoms with E-state index in [1.54, 1.807) is 18.5 Å². The van der Waals surface area contributed by atoms with Gasteiger partial charge >= 0.3 is 5.69 Å². The molecular formula is C16H18N6O3. The molecule has 1 aromatic carbocycles. The maximum atomic E-state index is 11.0. The molecule has 3 rings (SSSR count). The minimum Gasteiger partial charge on any atom is -0.339 e. The number of hydrogen-bond acceptors (Lipinski definition) is 7. The Balaban J connectivity index is 1.72. The summed E-state index contributed by atoms with van der Waals surface area (Å²) in [5, 5.41) is 19.2. The predicted octanol–water partition coefficient (Wildman–Crippen LogP) is 2.16. The lowest BCUT2D eigenvalue weighted by Crippen LogP contribution is -2.06. The van der Waals surface area contributed by atoms with Gasteiger partial charge in [0.1, 0.15) is 11.4 Å². The molecule has 9 nitrogen and oxygen atoms in total. The van der Waals surface area contributed by atoms with Crippen LogP contribution in [-0.2, 0) is 19.5 Å². The van der Waals surface area contributed by atoms with E-state index in [-0.39, 0.29) is 5.69 Å². The predicted molar refractivity (Wildman–Crippen MR) is 89.7 cm³/mol. The van der Waals surface area contributed by atoms with E-state index in [1.165, 1.54) is 0 Å². The second-order valence-corrected chi connectivity index (χ2v) is 5.66. The first kappa shape index (κ1) is 16.8. The lowest BCUT2D eigenvalue weighted by Gasteiger charge is -2.00. The molecule has 0 saturated carbocycles. The molecule has 2 N–H and O–H groups in total. The summed E-state index contributed by atoms with van der Waals surface area (Å²) >= 11 is 0. The zero-order chi connectivity index (χ0) is 18.0. The van der Waals surface area contributed by atoms with Crippen molar-refractivity contribution in [3.8, 4) is 11.4 Å². The summed E-state index contributed by atoms with van der Waals surface area (Å²) in [6.07, 6.45) is 0.437. The van der Waals surface area contributed by atoms with Crippen molar-refractivity contribution in [1.29, 1.82) is 0 Å². The van der Waals surface area contributed by atoms with E-state index in [0.29, 0.717) is 42.6 Å². The molecule has 0 saturated heterocycles. The number of nitrogens with zero attached hydrogens (tertiary/aromatic N) is 5. The summed E-state index contributed by atoms with van der Waals surface area (Å²) in [7, 11) is 0. The van der Waals surface area contributed by atoms with Crippen LogP contribution in [-0.4, -0.2) is 24.8 Å². The molecule has 130 valence electrons. The lowest BCUT2D eigenvalue weighted by atomic mass is 10.1. The smallest absolute Gasteiger partial charge is 0.312 e. The second-order valence-electron chi connectivity index (χ2n) is 5.66. The molecule has 0 amide bonds. The molecule has 3 aromatic rings. The van der Waals surface area contributed by atoms with E-state index in [2.05, 4.69) is 15.2 Å². The van der Waals surface area contributed by atoms with Gasteiger partial charge in [-0.15, -0.1) is 0 Å². The van der Waals surface area contributed by atoms with Crippen LogP contribution in [0.5, 0.6) is 0 Å². The summed E-state index contributed by atoms with van der Waals surface area (Å²) in [6, 6.07) is 7.61. The van der Waals surface area contributed by atoms with Crippen LogP contribution in [0.1, 0.15) is 22.8 Å². The van der Waals surface area contributed by atoms with E-state index in [4.69, 9.17) is 10.3 Å². The van der Waals surface area contributed by atoms with Gasteiger partial charge in [0, 0.05) is 18.5 Å². The molecule has 9 heteroatoms. The van der Waals surface area contributed by atoms with Crippen LogP contribution in [0, 0.1) is 24.0 Å². The summed E-state index contributed by atoms with van der Waals surface area (Å²) in [4.78, 5) is 15.0. The van der Waals surface area contributed by atoms with Crippen LogP contribution >= 0.6 is 0 Å². The highest BCUT2D eigenvalue weighted by molar-refractivity contribution is 5.54. The Morgan fingerprint density at radius 3 is 2.60 bits per heavy atom. The Hall–Kier alpha value is -3.07. The molecule has 25 heavy (non-hydrogen) atoms. The number of benzene rings is 1. The van der Waals surface area contributed by atoms with Crippen molar-refractivity contribution in [2.45, 2.75) is 33.4 Å². The van der Waals surface area contributed by atoms with Gasteiger partial charge in [-0.05, 0) is 19.4 Å². The van der Waals surface area contributed by atoms with E-state index in [9.17, 15) is 10.1 Å². The van der Waals surface area contributed by atoms with Crippen molar-refractivity contribution in [2.75, 3.05) is 0 Å². The standard InChI is InChI=1S/C16H18N6O3/c1-10-15(22(23)24)11(2)21(19-10)8-7-14-18-16(20-25-14)13-5-3-12(9-17)4-6-13/h3-6H,7-9,17H2,1-2H3. The maximum absolute atomic E-state index is 11.0. The molecule has 0 aliphatic rings. The molecule has 0 aliphatic heterocycles. The summed E-state index contributed by atoms with van der Waals surface area (Å²) in [5.74, 6) is 0.950. The quantitative estimate of drug-likeness (QED) is 0.537.